The van der Waals surface area contributed by atoms with Crippen LogP contribution in [0.1, 0.15) is 43.4 Å². The van der Waals surface area contributed by atoms with Crippen molar-refractivity contribution in [2.75, 3.05) is 23.7 Å². The number of anilines is 1. The Morgan fingerprint density at radius 1 is 1.06 bits per heavy atom. The zero-order chi connectivity index (χ0) is 25.5. The summed E-state index contributed by atoms with van der Waals surface area (Å²) in [5.74, 6) is -0.950. The number of halogens is 1. The van der Waals surface area contributed by atoms with Gasteiger partial charge in [-0.1, -0.05) is 18.2 Å². The number of benzene rings is 2. The Bertz CT molecular complexity index is 1080. The van der Waals surface area contributed by atoms with E-state index >= 15 is 0 Å². The first-order valence-corrected chi connectivity index (χ1v) is 13.1. The number of hydrogen-bond donors (Lipinski definition) is 1. The molecule has 7 nitrogen and oxygen atoms in total. The monoisotopic (exact) mass is 491 g/mol. The van der Waals surface area contributed by atoms with Crippen molar-refractivity contribution in [3.8, 4) is 0 Å². The normalized spacial score (nSPS) is 12.2. The van der Waals surface area contributed by atoms with Gasteiger partial charge in [0.15, 0.2) is 0 Å². The summed E-state index contributed by atoms with van der Waals surface area (Å²) in [7, 11) is -3.55. The summed E-state index contributed by atoms with van der Waals surface area (Å²) >= 11 is 0. The Labute approximate surface area is 202 Å². The molecular weight excluding hydrogens is 457 g/mol. The van der Waals surface area contributed by atoms with Crippen LogP contribution in [0.4, 0.5) is 10.1 Å². The third kappa shape index (κ3) is 7.83. The minimum atomic E-state index is -3.55. The molecule has 0 unspecified atom stereocenters. The van der Waals surface area contributed by atoms with E-state index in [0.29, 0.717) is 17.8 Å². The van der Waals surface area contributed by atoms with Gasteiger partial charge < -0.3 is 10.2 Å². The van der Waals surface area contributed by atoms with Gasteiger partial charge in [-0.25, -0.2) is 12.8 Å². The van der Waals surface area contributed by atoms with E-state index < -0.39 is 16.1 Å². The Kier molecular flexibility index (Phi) is 9.61. The smallest absolute Gasteiger partial charge is 0.242 e. The highest BCUT2D eigenvalue weighted by molar-refractivity contribution is 7.92. The molecule has 0 spiro atoms. The van der Waals surface area contributed by atoms with Crippen LogP contribution in [0.2, 0.25) is 0 Å². The van der Waals surface area contributed by atoms with Crippen LogP contribution in [0.3, 0.4) is 0 Å². The number of carbonyl (C=O) groups excluding carboxylic acids is 2. The van der Waals surface area contributed by atoms with Crippen molar-refractivity contribution in [2.24, 2.45) is 0 Å². The number of likely N-dealkylation sites (N-methyl/N-ethyl adjacent to an activating group) is 1. The second kappa shape index (κ2) is 12.0. The highest BCUT2D eigenvalue weighted by Crippen LogP contribution is 2.22. The van der Waals surface area contributed by atoms with Gasteiger partial charge in [0.25, 0.3) is 0 Å². The lowest BCUT2D eigenvalue weighted by atomic mass is 10.1. The van der Waals surface area contributed by atoms with Crippen LogP contribution in [0.25, 0.3) is 0 Å². The standard InChI is InChI=1S/C25H34FN3O4S/c1-6-27-25(31)20(4)28(17-21-9-11-22(26)12-10-21)24(30)8-7-13-29(34(5,32)33)23-15-18(2)14-19(3)16-23/h9-12,14-16,20H,6-8,13,17H2,1-5H3,(H,27,31)/t20-/m1/s1. The number of hydrogen-bond acceptors (Lipinski definition) is 4. The molecule has 0 radical (unpaired) electrons. The fourth-order valence-electron chi connectivity index (χ4n) is 3.79. The number of nitrogens with one attached hydrogen (secondary N) is 1. The van der Waals surface area contributed by atoms with E-state index in [1.54, 1.807) is 38.1 Å². The molecular formula is C25H34FN3O4S. The zero-order valence-corrected chi connectivity index (χ0v) is 21.3. The van der Waals surface area contributed by atoms with E-state index in [4.69, 9.17) is 0 Å². The van der Waals surface area contributed by atoms with Crippen molar-refractivity contribution in [3.63, 3.8) is 0 Å². The van der Waals surface area contributed by atoms with Crippen LogP contribution in [-0.2, 0) is 26.2 Å². The third-order valence-electron chi connectivity index (χ3n) is 5.43. The Hall–Kier alpha value is -2.94. The minimum absolute atomic E-state index is 0.0573. The number of carbonyl (C=O) groups is 2. The van der Waals surface area contributed by atoms with Crippen molar-refractivity contribution in [1.82, 2.24) is 10.2 Å². The highest BCUT2D eigenvalue weighted by atomic mass is 32.2. The molecule has 0 heterocycles. The van der Waals surface area contributed by atoms with Crippen LogP contribution in [0.5, 0.6) is 0 Å². The first-order chi connectivity index (χ1) is 15.9. The highest BCUT2D eigenvalue weighted by Gasteiger charge is 2.26. The molecule has 0 saturated heterocycles. The number of amides is 2. The molecule has 9 heteroatoms. The van der Waals surface area contributed by atoms with E-state index in [1.807, 2.05) is 19.9 Å². The molecule has 1 N–H and O–H groups in total. The Morgan fingerprint density at radius 3 is 2.18 bits per heavy atom. The molecule has 0 aliphatic heterocycles. The molecule has 2 amide bonds. The third-order valence-corrected chi connectivity index (χ3v) is 6.63. The molecule has 2 rings (SSSR count). The number of nitrogens with zero attached hydrogens (tertiary/aromatic N) is 2. The second-order valence-electron chi connectivity index (χ2n) is 8.50. The second-order valence-corrected chi connectivity index (χ2v) is 10.4. The molecule has 2 aromatic carbocycles. The van der Waals surface area contributed by atoms with E-state index in [2.05, 4.69) is 5.32 Å². The molecule has 0 fully saturated rings. The Balaban J connectivity index is 2.17. The van der Waals surface area contributed by atoms with Crippen molar-refractivity contribution >= 4 is 27.5 Å². The topological polar surface area (TPSA) is 86.8 Å². The number of sulfonamides is 1. The van der Waals surface area contributed by atoms with Crippen molar-refractivity contribution in [1.29, 1.82) is 0 Å². The summed E-state index contributed by atoms with van der Waals surface area (Å²) in [6, 6.07) is 10.6. The first-order valence-electron chi connectivity index (χ1n) is 11.3. The molecule has 34 heavy (non-hydrogen) atoms. The van der Waals surface area contributed by atoms with Crippen LogP contribution in [0.15, 0.2) is 42.5 Å². The van der Waals surface area contributed by atoms with Gasteiger partial charge in [-0.05, 0) is 75.1 Å². The van der Waals surface area contributed by atoms with Gasteiger partial charge in [-0.15, -0.1) is 0 Å². The van der Waals surface area contributed by atoms with Gasteiger partial charge in [0.2, 0.25) is 21.8 Å². The fourth-order valence-corrected chi connectivity index (χ4v) is 4.74. The van der Waals surface area contributed by atoms with E-state index in [-0.39, 0.29) is 43.6 Å². The van der Waals surface area contributed by atoms with Crippen LogP contribution in [0, 0.1) is 19.7 Å². The van der Waals surface area contributed by atoms with Gasteiger partial charge in [0, 0.05) is 26.1 Å². The molecule has 1 atom stereocenters. The first kappa shape index (κ1) is 27.3. The lowest BCUT2D eigenvalue weighted by Gasteiger charge is -2.29. The quantitative estimate of drug-likeness (QED) is 0.521. The molecule has 186 valence electrons. The van der Waals surface area contributed by atoms with Crippen molar-refractivity contribution in [3.05, 3.63) is 65.0 Å². The maximum absolute atomic E-state index is 13.3. The molecule has 0 aliphatic rings. The summed E-state index contributed by atoms with van der Waals surface area (Å²) in [5, 5.41) is 2.72. The summed E-state index contributed by atoms with van der Waals surface area (Å²) in [4.78, 5) is 27.0. The van der Waals surface area contributed by atoms with Gasteiger partial charge in [0.1, 0.15) is 11.9 Å². The molecule has 2 aromatic rings. The summed E-state index contributed by atoms with van der Waals surface area (Å²) < 4.78 is 39.5. The van der Waals surface area contributed by atoms with Gasteiger partial charge in [-0.3, -0.25) is 13.9 Å². The Morgan fingerprint density at radius 2 is 1.65 bits per heavy atom. The van der Waals surface area contributed by atoms with Gasteiger partial charge >= 0.3 is 0 Å². The number of rotatable bonds is 11. The average molecular weight is 492 g/mol. The SMILES string of the molecule is CCNC(=O)[C@@H](C)N(Cc1ccc(F)cc1)C(=O)CCCN(c1cc(C)cc(C)c1)S(C)(=O)=O. The maximum atomic E-state index is 13.3. The van der Waals surface area contributed by atoms with Crippen LogP contribution in [-0.4, -0.2) is 50.5 Å². The van der Waals surface area contributed by atoms with Gasteiger partial charge in [0.05, 0.1) is 11.9 Å². The fraction of sp³-hybridized carbons (Fsp3) is 0.440. The zero-order valence-electron chi connectivity index (χ0n) is 20.5. The predicted molar refractivity (Wildman–Crippen MR) is 132 cm³/mol. The van der Waals surface area contributed by atoms with E-state index in [1.165, 1.54) is 21.3 Å². The van der Waals surface area contributed by atoms with Crippen molar-refractivity contribution in [2.45, 2.75) is 53.1 Å². The summed E-state index contributed by atoms with van der Waals surface area (Å²) in [5.41, 5.74) is 3.15. The summed E-state index contributed by atoms with van der Waals surface area (Å²) in [6.07, 6.45) is 1.48. The molecule has 0 bridgehead atoms. The van der Waals surface area contributed by atoms with Crippen LogP contribution < -0.4 is 9.62 Å². The molecule has 0 aliphatic carbocycles. The summed E-state index contributed by atoms with van der Waals surface area (Å²) in [6.45, 7) is 7.94. The average Bonchev–Trinajstić information content (AvgIpc) is 2.74. The van der Waals surface area contributed by atoms with Crippen molar-refractivity contribution < 1.29 is 22.4 Å². The molecule has 0 saturated carbocycles. The molecule has 0 aromatic heterocycles. The van der Waals surface area contributed by atoms with Crippen LogP contribution >= 0.6 is 0 Å². The minimum Gasteiger partial charge on any atom is -0.355 e. The van der Waals surface area contributed by atoms with E-state index in [0.717, 1.165) is 17.4 Å². The lowest BCUT2D eigenvalue weighted by Crippen LogP contribution is -2.47. The largest absolute Gasteiger partial charge is 0.355 e. The number of aryl methyl sites for hydroxylation is 2. The maximum Gasteiger partial charge on any atom is 0.242 e. The van der Waals surface area contributed by atoms with Gasteiger partial charge in [-0.2, -0.15) is 0 Å². The lowest BCUT2D eigenvalue weighted by molar-refractivity contribution is -0.140. The van der Waals surface area contributed by atoms with E-state index in [9.17, 15) is 22.4 Å². The predicted octanol–water partition coefficient (Wildman–Crippen LogP) is 3.54.